The van der Waals surface area contributed by atoms with Crippen LogP contribution in [0.4, 0.5) is 0 Å². The van der Waals surface area contributed by atoms with Gasteiger partial charge < -0.3 is 10.2 Å². The van der Waals surface area contributed by atoms with Crippen molar-refractivity contribution in [2.24, 2.45) is 5.92 Å². The number of hydrogen-bond donors (Lipinski definition) is 1. The Labute approximate surface area is 170 Å². The molecule has 1 amide bonds. The van der Waals surface area contributed by atoms with Gasteiger partial charge in [-0.15, -0.1) is 0 Å². The Balaban J connectivity index is 0.000000176. The smallest absolute Gasteiger partial charge is 0.209 e. The number of benzene rings is 2. The van der Waals surface area contributed by atoms with Gasteiger partial charge in [0.2, 0.25) is 6.41 Å². The van der Waals surface area contributed by atoms with Crippen LogP contribution in [0.5, 0.6) is 0 Å². The minimum atomic E-state index is 0.395. The summed E-state index contributed by atoms with van der Waals surface area (Å²) in [6, 6.07) is 21.8. The minimum Gasteiger partial charge on any atom is -0.342 e. The molecule has 0 spiro atoms. The molecule has 4 rings (SSSR count). The van der Waals surface area contributed by atoms with Crippen LogP contribution in [0.25, 0.3) is 0 Å². The molecular weight excluding hydrogens is 344 g/mol. The molecule has 2 fully saturated rings. The van der Waals surface area contributed by atoms with E-state index in [0.717, 1.165) is 38.3 Å². The van der Waals surface area contributed by atoms with Crippen molar-refractivity contribution < 1.29 is 4.79 Å². The number of carbonyl (C=O) groups excluding carboxylic acids is 1. The normalized spacial score (nSPS) is 24.5. The molecule has 2 aliphatic heterocycles. The molecule has 2 aromatic rings. The zero-order chi connectivity index (χ0) is 19.8. The maximum Gasteiger partial charge on any atom is 0.209 e. The van der Waals surface area contributed by atoms with Crippen LogP contribution in [0.3, 0.4) is 0 Å². The van der Waals surface area contributed by atoms with E-state index in [4.69, 9.17) is 0 Å². The van der Waals surface area contributed by atoms with E-state index in [1.807, 2.05) is 4.90 Å². The van der Waals surface area contributed by atoms with Gasteiger partial charge in [0, 0.05) is 19.1 Å². The monoisotopic (exact) mass is 378 g/mol. The molecule has 3 unspecified atom stereocenters. The average Bonchev–Trinajstić information content (AvgIpc) is 3.30. The number of hydrogen-bond acceptors (Lipinski definition) is 2. The summed E-state index contributed by atoms with van der Waals surface area (Å²) >= 11 is 0. The molecule has 150 valence electrons. The first-order chi connectivity index (χ1) is 13.7. The number of carbonyl (C=O) groups is 1. The van der Waals surface area contributed by atoms with Gasteiger partial charge in [-0.25, -0.2) is 0 Å². The van der Waals surface area contributed by atoms with Crippen LogP contribution < -0.4 is 5.32 Å². The Morgan fingerprint density at radius 3 is 2.04 bits per heavy atom. The molecule has 1 N–H and O–H groups in total. The second kappa shape index (κ2) is 10.4. The summed E-state index contributed by atoms with van der Waals surface area (Å²) in [7, 11) is 0. The van der Waals surface area contributed by atoms with Gasteiger partial charge in [0.15, 0.2) is 0 Å². The van der Waals surface area contributed by atoms with Gasteiger partial charge in [0.1, 0.15) is 0 Å². The number of nitrogens with zero attached hydrogens (tertiary/aromatic N) is 1. The third-order valence-electron chi connectivity index (χ3n) is 6.19. The minimum absolute atomic E-state index is 0.395. The molecular formula is C25H34N2O. The summed E-state index contributed by atoms with van der Waals surface area (Å²) in [4.78, 5) is 13.0. The van der Waals surface area contributed by atoms with Crippen LogP contribution in [-0.2, 0) is 4.79 Å². The Morgan fingerprint density at radius 1 is 0.929 bits per heavy atom. The van der Waals surface area contributed by atoms with Gasteiger partial charge in [0.25, 0.3) is 0 Å². The fourth-order valence-electron chi connectivity index (χ4n) is 4.49. The average molecular weight is 379 g/mol. The van der Waals surface area contributed by atoms with Crippen molar-refractivity contribution in [3.63, 3.8) is 0 Å². The lowest BCUT2D eigenvalue weighted by Crippen LogP contribution is -2.43. The molecule has 3 nitrogen and oxygen atoms in total. The van der Waals surface area contributed by atoms with Gasteiger partial charge in [-0.05, 0) is 54.7 Å². The molecule has 0 aromatic heterocycles. The van der Waals surface area contributed by atoms with E-state index in [1.165, 1.54) is 24.1 Å². The number of amides is 1. The van der Waals surface area contributed by atoms with Crippen LogP contribution in [0.2, 0.25) is 0 Å². The third-order valence-corrected chi connectivity index (χ3v) is 6.19. The van der Waals surface area contributed by atoms with Gasteiger partial charge in [-0.3, -0.25) is 4.79 Å². The van der Waals surface area contributed by atoms with Crippen LogP contribution in [0.1, 0.15) is 56.1 Å². The van der Waals surface area contributed by atoms with Crippen LogP contribution in [0, 0.1) is 5.92 Å². The number of likely N-dealkylation sites (tertiary alicyclic amines) is 1. The lowest BCUT2D eigenvalue weighted by molar-refractivity contribution is -0.122. The molecule has 0 radical (unpaired) electrons. The van der Waals surface area contributed by atoms with E-state index in [1.54, 1.807) is 0 Å². The SMILES string of the molecule is CC(C)C1CC(c2ccccc2)CCN1C=O.c1ccc(C2CCNC2)cc1. The Morgan fingerprint density at radius 2 is 1.54 bits per heavy atom. The first-order valence-corrected chi connectivity index (χ1v) is 10.7. The third kappa shape index (κ3) is 5.45. The van der Waals surface area contributed by atoms with E-state index in [-0.39, 0.29) is 0 Å². The molecule has 2 saturated heterocycles. The summed E-state index contributed by atoms with van der Waals surface area (Å²) in [6.45, 7) is 7.64. The molecule has 0 saturated carbocycles. The fourth-order valence-corrected chi connectivity index (χ4v) is 4.49. The molecule has 28 heavy (non-hydrogen) atoms. The Bertz CT molecular complexity index is 695. The largest absolute Gasteiger partial charge is 0.342 e. The van der Waals surface area contributed by atoms with Crippen molar-refractivity contribution in [2.45, 2.75) is 51.0 Å². The maximum atomic E-state index is 11.0. The molecule has 2 heterocycles. The summed E-state index contributed by atoms with van der Waals surface area (Å²) in [5.41, 5.74) is 2.90. The van der Waals surface area contributed by atoms with E-state index in [0.29, 0.717) is 17.9 Å². The number of rotatable bonds is 4. The van der Waals surface area contributed by atoms with E-state index >= 15 is 0 Å². The van der Waals surface area contributed by atoms with E-state index < -0.39 is 0 Å². The van der Waals surface area contributed by atoms with Crippen molar-refractivity contribution >= 4 is 6.41 Å². The van der Waals surface area contributed by atoms with Crippen LogP contribution in [0.15, 0.2) is 60.7 Å². The molecule has 3 heteroatoms. The van der Waals surface area contributed by atoms with Gasteiger partial charge in [-0.2, -0.15) is 0 Å². The van der Waals surface area contributed by atoms with Crippen molar-refractivity contribution in [2.75, 3.05) is 19.6 Å². The first kappa shape index (κ1) is 20.6. The number of nitrogens with one attached hydrogen (secondary N) is 1. The molecule has 2 aromatic carbocycles. The van der Waals surface area contributed by atoms with Crippen molar-refractivity contribution in [1.82, 2.24) is 10.2 Å². The van der Waals surface area contributed by atoms with Crippen LogP contribution >= 0.6 is 0 Å². The highest BCUT2D eigenvalue weighted by atomic mass is 16.1. The zero-order valence-corrected chi connectivity index (χ0v) is 17.3. The Kier molecular flexibility index (Phi) is 7.67. The highest BCUT2D eigenvalue weighted by molar-refractivity contribution is 5.48. The Hall–Kier alpha value is -2.13. The molecule has 0 bridgehead atoms. The molecule has 0 aliphatic carbocycles. The summed E-state index contributed by atoms with van der Waals surface area (Å²) in [5, 5.41) is 3.37. The summed E-state index contributed by atoms with van der Waals surface area (Å²) in [5.74, 6) is 1.91. The van der Waals surface area contributed by atoms with Crippen LogP contribution in [-0.4, -0.2) is 37.0 Å². The molecule has 2 aliphatic rings. The highest BCUT2D eigenvalue weighted by Crippen LogP contribution is 2.33. The summed E-state index contributed by atoms with van der Waals surface area (Å²) in [6.07, 6.45) is 4.50. The lowest BCUT2D eigenvalue weighted by Gasteiger charge is -2.39. The topological polar surface area (TPSA) is 32.3 Å². The van der Waals surface area contributed by atoms with E-state index in [2.05, 4.69) is 79.8 Å². The summed E-state index contributed by atoms with van der Waals surface area (Å²) < 4.78 is 0. The van der Waals surface area contributed by atoms with Crippen molar-refractivity contribution in [1.29, 1.82) is 0 Å². The lowest BCUT2D eigenvalue weighted by atomic mass is 9.82. The van der Waals surface area contributed by atoms with Crippen molar-refractivity contribution in [3.8, 4) is 0 Å². The van der Waals surface area contributed by atoms with E-state index in [9.17, 15) is 4.79 Å². The zero-order valence-electron chi connectivity index (χ0n) is 17.3. The quantitative estimate of drug-likeness (QED) is 0.774. The first-order valence-electron chi connectivity index (χ1n) is 10.7. The van der Waals surface area contributed by atoms with Gasteiger partial charge in [-0.1, -0.05) is 74.5 Å². The van der Waals surface area contributed by atoms with Crippen molar-refractivity contribution in [3.05, 3.63) is 71.8 Å². The molecule has 3 atom stereocenters. The van der Waals surface area contributed by atoms with Gasteiger partial charge in [0.05, 0.1) is 0 Å². The standard InChI is InChI=1S/C15H21NO.C10H13N/c1-12(2)15-10-14(8-9-16(15)11-17)13-6-4-3-5-7-13;1-2-4-9(5-3-1)10-6-7-11-8-10/h3-7,11-12,14-15H,8-10H2,1-2H3;1-5,10-11H,6-8H2. The second-order valence-corrected chi connectivity index (χ2v) is 8.39. The fraction of sp³-hybridized carbons (Fsp3) is 0.480. The highest BCUT2D eigenvalue weighted by Gasteiger charge is 2.30. The number of piperidine rings is 1. The predicted octanol–water partition coefficient (Wildman–Crippen LogP) is 4.81. The second-order valence-electron chi connectivity index (χ2n) is 8.39. The maximum absolute atomic E-state index is 11.0. The van der Waals surface area contributed by atoms with Gasteiger partial charge >= 0.3 is 0 Å². The predicted molar refractivity (Wildman–Crippen MR) is 116 cm³/mol.